The predicted octanol–water partition coefficient (Wildman–Crippen LogP) is 3.87. The van der Waals surface area contributed by atoms with Crippen molar-refractivity contribution >= 4 is 17.4 Å². The summed E-state index contributed by atoms with van der Waals surface area (Å²) in [6, 6.07) is 5.56. The van der Waals surface area contributed by atoms with Gasteiger partial charge in [0.15, 0.2) is 0 Å². The third-order valence-corrected chi connectivity index (χ3v) is 4.15. The van der Waals surface area contributed by atoms with Crippen molar-refractivity contribution in [2.45, 2.75) is 33.6 Å². The monoisotopic (exact) mass is 277 g/mol. The largest absolute Gasteiger partial charge is 0.357 e. The molecule has 0 bridgehead atoms. The van der Waals surface area contributed by atoms with Gasteiger partial charge in [0, 0.05) is 13.1 Å². The number of anilines is 1. The molecule has 0 unspecified atom stereocenters. The number of nitrogens with zero attached hydrogens (tertiary/aromatic N) is 3. The van der Waals surface area contributed by atoms with Crippen LogP contribution in [-0.4, -0.2) is 18.1 Å². The first-order valence-electron chi connectivity index (χ1n) is 6.73. The second-order valence-corrected chi connectivity index (χ2v) is 6.66. The maximum atomic E-state index is 8.98. The summed E-state index contributed by atoms with van der Waals surface area (Å²) in [6.07, 6.45) is 2.33. The Kier molecular flexibility index (Phi) is 4.01. The lowest BCUT2D eigenvalue weighted by molar-refractivity contribution is 0.198. The summed E-state index contributed by atoms with van der Waals surface area (Å²) in [5, 5.41) is 9.37. The fourth-order valence-electron chi connectivity index (χ4n) is 2.68. The van der Waals surface area contributed by atoms with Gasteiger partial charge in [0.1, 0.15) is 11.0 Å². The molecule has 0 aliphatic carbocycles. The molecular weight excluding hydrogens is 258 g/mol. The average molecular weight is 278 g/mol. The fourth-order valence-corrected chi connectivity index (χ4v) is 2.89. The van der Waals surface area contributed by atoms with Gasteiger partial charge in [-0.2, -0.15) is 5.26 Å². The van der Waals surface area contributed by atoms with Gasteiger partial charge in [-0.15, -0.1) is 0 Å². The zero-order valence-electron chi connectivity index (χ0n) is 11.8. The molecule has 3 nitrogen and oxygen atoms in total. The molecule has 4 heteroatoms. The van der Waals surface area contributed by atoms with Crippen LogP contribution in [-0.2, 0) is 0 Å². The molecular formula is C15H20ClN3. The molecule has 0 aromatic carbocycles. The third kappa shape index (κ3) is 3.39. The van der Waals surface area contributed by atoms with Crippen molar-refractivity contribution in [1.82, 2.24) is 4.98 Å². The number of rotatable bonds is 1. The fraction of sp³-hybridized carbons (Fsp3) is 0.600. The summed E-state index contributed by atoms with van der Waals surface area (Å²) in [6.45, 7) is 8.89. The lowest BCUT2D eigenvalue weighted by Gasteiger charge is -2.39. The van der Waals surface area contributed by atoms with E-state index in [1.165, 1.54) is 12.8 Å². The van der Waals surface area contributed by atoms with Crippen LogP contribution >= 0.6 is 11.6 Å². The normalized spacial score (nSPS) is 17.3. The molecule has 0 spiro atoms. The van der Waals surface area contributed by atoms with Gasteiger partial charge in [0.05, 0.1) is 11.6 Å². The Bertz CT molecular complexity index is 491. The van der Waals surface area contributed by atoms with Crippen LogP contribution in [0.15, 0.2) is 12.1 Å². The topological polar surface area (TPSA) is 39.9 Å². The molecule has 2 heterocycles. The molecule has 1 fully saturated rings. The van der Waals surface area contributed by atoms with Crippen molar-refractivity contribution in [1.29, 1.82) is 5.26 Å². The average Bonchev–Trinajstić information content (AvgIpc) is 2.37. The third-order valence-electron chi connectivity index (χ3n) is 3.95. The van der Waals surface area contributed by atoms with Gasteiger partial charge in [0.2, 0.25) is 0 Å². The molecule has 0 atom stereocenters. The number of piperidine rings is 1. The van der Waals surface area contributed by atoms with Crippen LogP contribution in [0.5, 0.6) is 0 Å². The van der Waals surface area contributed by atoms with Gasteiger partial charge in [-0.25, -0.2) is 4.98 Å². The van der Waals surface area contributed by atoms with Crippen molar-refractivity contribution in [3.05, 3.63) is 22.8 Å². The quantitative estimate of drug-likeness (QED) is 0.732. The van der Waals surface area contributed by atoms with Crippen molar-refractivity contribution in [3.63, 3.8) is 0 Å². The summed E-state index contributed by atoms with van der Waals surface area (Å²) in [7, 11) is 0. The molecule has 1 aromatic heterocycles. The van der Waals surface area contributed by atoms with Crippen molar-refractivity contribution in [2.24, 2.45) is 11.3 Å². The molecule has 1 aliphatic heterocycles. The zero-order chi connectivity index (χ0) is 14.0. The minimum absolute atomic E-state index is 0.367. The van der Waals surface area contributed by atoms with Crippen LogP contribution in [0.4, 0.5) is 5.82 Å². The first kappa shape index (κ1) is 14.1. The Morgan fingerprint density at radius 1 is 1.32 bits per heavy atom. The zero-order valence-corrected chi connectivity index (χ0v) is 12.5. The maximum Gasteiger partial charge on any atom is 0.132 e. The lowest BCUT2D eigenvalue weighted by Crippen LogP contribution is -2.38. The first-order chi connectivity index (χ1) is 8.90. The lowest BCUT2D eigenvalue weighted by atomic mass is 9.75. The number of aromatic nitrogens is 1. The number of hydrogen-bond acceptors (Lipinski definition) is 3. The van der Waals surface area contributed by atoms with Gasteiger partial charge < -0.3 is 4.90 Å². The highest BCUT2D eigenvalue weighted by Crippen LogP contribution is 2.35. The molecule has 0 amide bonds. The standard InChI is InChI=1S/C15H20ClN3/c1-15(2,3)12-4-6-19(7-5-12)14-9-11(10-17)8-13(16)18-14/h8-9,12H,4-7H2,1-3H3. The van der Waals surface area contributed by atoms with Crippen molar-refractivity contribution < 1.29 is 0 Å². The minimum Gasteiger partial charge on any atom is -0.357 e. The van der Waals surface area contributed by atoms with E-state index in [4.69, 9.17) is 16.9 Å². The van der Waals surface area contributed by atoms with E-state index < -0.39 is 0 Å². The second-order valence-electron chi connectivity index (χ2n) is 6.28. The van der Waals surface area contributed by atoms with E-state index in [-0.39, 0.29) is 0 Å². The van der Waals surface area contributed by atoms with E-state index in [9.17, 15) is 0 Å². The smallest absolute Gasteiger partial charge is 0.132 e. The minimum atomic E-state index is 0.367. The van der Waals surface area contributed by atoms with Crippen molar-refractivity contribution in [2.75, 3.05) is 18.0 Å². The number of pyridine rings is 1. The number of hydrogen-bond donors (Lipinski definition) is 0. The van der Waals surface area contributed by atoms with Crippen LogP contribution in [0.1, 0.15) is 39.2 Å². The maximum absolute atomic E-state index is 8.98. The van der Waals surface area contributed by atoms with E-state index in [2.05, 4.69) is 36.7 Å². The highest BCUT2D eigenvalue weighted by Gasteiger charge is 2.29. The summed E-state index contributed by atoms with van der Waals surface area (Å²) in [5.41, 5.74) is 0.944. The first-order valence-corrected chi connectivity index (χ1v) is 7.10. The Hall–Kier alpha value is -1.27. The van der Waals surface area contributed by atoms with Crippen LogP contribution in [0.25, 0.3) is 0 Å². The SMILES string of the molecule is CC(C)(C)C1CCN(c2cc(C#N)cc(Cl)n2)CC1. The summed E-state index contributed by atoms with van der Waals surface area (Å²) < 4.78 is 0. The highest BCUT2D eigenvalue weighted by atomic mass is 35.5. The Morgan fingerprint density at radius 2 is 1.95 bits per heavy atom. The van der Waals surface area contributed by atoms with E-state index in [0.29, 0.717) is 16.1 Å². The van der Waals surface area contributed by atoms with Crippen LogP contribution in [0.3, 0.4) is 0 Å². The Balaban J connectivity index is 2.10. The highest BCUT2D eigenvalue weighted by molar-refractivity contribution is 6.29. The van der Waals surface area contributed by atoms with Crippen LogP contribution < -0.4 is 4.90 Å². The molecule has 1 aliphatic rings. The predicted molar refractivity (Wildman–Crippen MR) is 78.4 cm³/mol. The number of halogens is 1. The molecule has 1 saturated heterocycles. The van der Waals surface area contributed by atoms with Gasteiger partial charge in [-0.3, -0.25) is 0 Å². The molecule has 2 rings (SSSR count). The van der Waals surface area contributed by atoms with Gasteiger partial charge in [0.25, 0.3) is 0 Å². The Labute approximate surface area is 120 Å². The van der Waals surface area contributed by atoms with Gasteiger partial charge in [-0.05, 0) is 36.3 Å². The molecule has 0 radical (unpaired) electrons. The van der Waals surface area contributed by atoms with Crippen LogP contribution in [0, 0.1) is 22.7 Å². The summed E-state index contributed by atoms with van der Waals surface area (Å²) >= 11 is 5.96. The van der Waals surface area contributed by atoms with Gasteiger partial charge in [-0.1, -0.05) is 32.4 Å². The summed E-state index contributed by atoms with van der Waals surface area (Å²) in [4.78, 5) is 6.56. The second kappa shape index (κ2) is 5.38. The van der Waals surface area contributed by atoms with E-state index in [1.807, 2.05) is 6.07 Å². The van der Waals surface area contributed by atoms with E-state index in [1.54, 1.807) is 6.07 Å². The Morgan fingerprint density at radius 3 is 2.47 bits per heavy atom. The van der Waals surface area contributed by atoms with Gasteiger partial charge >= 0.3 is 0 Å². The molecule has 0 saturated carbocycles. The molecule has 19 heavy (non-hydrogen) atoms. The summed E-state index contributed by atoms with van der Waals surface area (Å²) in [5.74, 6) is 1.58. The molecule has 102 valence electrons. The van der Waals surface area contributed by atoms with E-state index in [0.717, 1.165) is 24.8 Å². The van der Waals surface area contributed by atoms with E-state index >= 15 is 0 Å². The van der Waals surface area contributed by atoms with Crippen molar-refractivity contribution in [3.8, 4) is 6.07 Å². The number of nitriles is 1. The van der Waals surface area contributed by atoms with Crippen LogP contribution in [0.2, 0.25) is 5.15 Å². The molecule has 1 aromatic rings. The molecule has 0 N–H and O–H groups in total.